The lowest BCUT2D eigenvalue weighted by atomic mass is 9.79. The molecule has 1 saturated heterocycles. The van der Waals surface area contributed by atoms with E-state index in [-0.39, 0.29) is 29.7 Å². The van der Waals surface area contributed by atoms with Gasteiger partial charge in [0.1, 0.15) is 0 Å². The second kappa shape index (κ2) is 13.6. The van der Waals surface area contributed by atoms with Gasteiger partial charge in [-0.05, 0) is 81.3 Å². The zero-order valence-corrected chi connectivity index (χ0v) is 23.8. The van der Waals surface area contributed by atoms with Gasteiger partial charge in [0.05, 0.1) is 12.0 Å². The van der Waals surface area contributed by atoms with Crippen molar-refractivity contribution in [1.82, 2.24) is 15.5 Å². The number of guanidine groups is 1. The quantitative estimate of drug-likeness (QED) is 0.166. The van der Waals surface area contributed by atoms with Gasteiger partial charge in [0, 0.05) is 44.0 Å². The molecule has 1 aromatic carbocycles. The molecular formula is C30H49N7O2. The highest BCUT2D eigenvalue weighted by molar-refractivity contribution is 6.05. The number of hydrogen-bond donors (Lipinski definition) is 5. The maximum absolute atomic E-state index is 13.7. The Labute approximate surface area is 233 Å². The Morgan fingerprint density at radius 2 is 1.72 bits per heavy atom. The largest absolute Gasteiger partial charge is 0.370 e. The number of rotatable bonds is 11. The maximum atomic E-state index is 13.7. The van der Waals surface area contributed by atoms with E-state index in [0.717, 1.165) is 49.0 Å². The number of hydrogen-bond acceptors (Lipinski definition) is 5. The number of nitrogens with zero attached hydrogens (tertiary/aromatic N) is 2. The summed E-state index contributed by atoms with van der Waals surface area (Å²) in [6, 6.07) is 8.49. The summed E-state index contributed by atoms with van der Waals surface area (Å²) in [7, 11) is 0. The van der Waals surface area contributed by atoms with Crippen LogP contribution in [0, 0.1) is 17.2 Å². The van der Waals surface area contributed by atoms with E-state index in [2.05, 4.69) is 46.4 Å². The molecule has 3 aliphatic rings. The first kappa shape index (κ1) is 29.3. The fourth-order valence-corrected chi connectivity index (χ4v) is 6.87. The molecule has 2 amide bonds. The highest BCUT2D eigenvalue weighted by atomic mass is 16.2. The average Bonchev–Trinajstić information content (AvgIpc) is 3.22. The molecule has 9 nitrogen and oxygen atoms in total. The topological polar surface area (TPSA) is 141 Å². The SMILES string of the molecule is CC(C)[C@H]1CC[C@@H](N2CCC(N3C(=O)C(CCNC(=O)[C@@H](N)CCCNC(=N)N)c4ccccc43)CC2)CC1. The summed E-state index contributed by atoms with van der Waals surface area (Å²) < 4.78 is 0. The number of carbonyl (C=O) groups is 2. The lowest BCUT2D eigenvalue weighted by Crippen LogP contribution is -2.50. The van der Waals surface area contributed by atoms with Crippen molar-refractivity contribution in [1.29, 1.82) is 5.41 Å². The Morgan fingerprint density at radius 3 is 2.38 bits per heavy atom. The van der Waals surface area contributed by atoms with Crippen molar-refractivity contribution in [2.24, 2.45) is 23.3 Å². The van der Waals surface area contributed by atoms with Crippen molar-refractivity contribution in [3.63, 3.8) is 0 Å². The van der Waals surface area contributed by atoms with Crippen molar-refractivity contribution in [3.05, 3.63) is 29.8 Å². The molecule has 39 heavy (non-hydrogen) atoms. The Hall–Kier alpha value is -2.65. The number of nitrogens with two attached hydrogens (primary N) is 2. The number of carbonyl (C=O) groups excluding carboxylic acids is 2. The van der Waals surface area contributed by atoms with E-state index in [4.69, 9.17) is 16.9 Å². The van der Waals surface area contributed by atoms with E-state index in [0.29, 0.717) is 38.4 Å². The van der Waals surface area contributed by atoms with Crippen LogP contribution >= 0.6 is 0 Å². The number of amides is 2. The van der Waals surface area contributed by atoms with Crippen LogP contribution in [0.5, 0.6) is 0 Å². The molecule has 2 atom stereocenters. The Bertz CT molecular complexity index is 983. The molecule has 4 rings (SSSR count). The van der Waals surface area contributed by atoms with E-state index in [1.54, 1.807) is 0 Å². The molecule has 216 valence electrons. The Kier molecular flexibility index (Phi) is 10.2. The average molecular weight is 540 g/mol. The van der Waals surface area contributed by atoms with Crippen LogP contribution in [0.4, 0.5) is 5.69 Å². The van der Waals surface area contributed by atoms with Crippen molar-refractivity contribution < 1.29 is 9.59 Å². The van der Waals surface area contributed by atoms with Gasteiger partial charge in [-0.3, -0.25) is 15.0 Å². The van der Waals surface area contributed by atoms with Crippen molar-refractivity contribution in [2.45, 2.75) is 95.7 Å². The summed E-state index contributed by atoms with van der Waals surface area (Å²) in [4.78, 5) is 31.0. The van der Waals surface area contributed by atoms with Gasteiger partial charge in [0.2, 0.25) is 11.8 Å². The second-order valence-electron chi connectivity index (χ2n) is 12.1. The van der Waals surface area contributed by atoms with Crippen LogP contribution < -0.4 is 27.0 Å². The summed E-state index contributed by atoms with van der Waals surface area (Å²) in [5.41, 5.74) is 13.4. The van der Waals surface area contributed by atoms with Gasteiger partial charge in [-0.25, -0.2) is 0 Å². The number of anilines is 1. The van der Waals surface area contributed by atoms with Crippen molar-refractivity contribution in [3.8, 4) is 0 Å². The third-order valence-corrected chi connectivity index (χ3v) is 9.25. The molecule has 7 N–H and O–H groups in total. The smallest absolute Gasteiger partial charge is 0.236 e. The highest BCUT2D eigenvalue weighted by Crippen LogP contribution is 2.42. The van der Waals surface area contributed by atoms with Crippen LogP contribution in [0.15, 0.2) is 24.3 Å². The fraction of sp³-hybridized carbons (Fsp3) is 0.700. The third kappa shape index (κ3) is 7.31. The first-order valence-corrected chi connectivity index (χ1v) is 15.0. The molecule has 1 saturated carbocycles. The Morgan fingerprint density at radius 1 is 1.03 bits per heavy atom. The van der Waals surface area contributed by atoms with Crippen LogP contribution in [0.2, 0.25) is 0 Å². The molecular weight excluding hydrogens is 490 g/mol. The predicted octanol–water partition coefficient (Wildman–Crippen LogP) is 2.89. The van der Waals surface area contributed by atoms with Gasteiger partial charge < -0.3 is 31.9 Å². The van der Waals surface area contributed by atoms with Crippen LogP contribution in [0.3, 0.4) is 0 Å². The number of piperidine rings is 1. The normalized spacial score (nSPS) is 25.0. The van der Waals surface area contributed by atoms with E-state index in [1.807, 2.05) is 12.1 Å². The highest BCUT2D eigenvalue weighted by Gasteiger charge is 2.41. The fourth-order valence-electron chi connectivity index (χ4n) is 6.87. The molecule has 1 aromatic rings. The number of nitrogens with one attached hydrogen (secondary N) is 3. The molecule has 2 fully saturated rings. The lowest BCUT2D eigenvalue weighted by Gasteiger charge is -2.43. The summed E-state index contributed by atoms with van der Waals surface area (Å²) in [6.07, 6.45) is 9.06. The van der Waals surface area contributed by atoms with E-state index in [9.17, 15) is 9.59 Å². The zero-order chi connectivity index (χ0) is 27.9. The summed E-state index contributed by atoms with van der Waals surface area (Å²) >= 11 is 0. The van der Waals surface area contributed by atoms with Gasteiger partial charge in [-0.1, -0.05) is 32.0 Å². The zero-order valence-electron chi connectivity index (χ0n) is 23.8. The molecule has 1 unspecified atom stereocenters. The van der Waals surface area contributed by atoms with E-state index in [1.165, 1.54) is 25.7 Å². The first-order chi connectivity index (χ1) is 18.8. The molecule has 0 spiro atoms. The summed E-state index contributed by atoms with van der Waals surface area (Å²) in [5.74, 6) is 1.31. The van der Waals surface area contributed by atoms with Crippen molar-refractivity contribution >= 4 is 23.5 Å². The minimum Gasteiger partial charge on any atom is -0.370 e. The van der Waals surface area contributed by atoms with Gasteiger partial charge in [-0.2, -0.15) is 0 Å². The minimum absolute atomic E-state index is 0.0851. The molecule has 9 heteroatoms. The van der Waals surface area contributed by atoms with Gasteiger partial charge >= 0.3 is 0 Å². The van der Waals surface area contributed by atoms with Gasteiger partial charge in [0.25, 0.3) is 0 Å². The molecule has 0 bridgehead atoms. The summed E-state index contributed by atoms with van der Waals surface area (Å²) in [6.45, 7) is 7.76. The van der Waals surface area contributed by atoms with E-state index >= 15 is 0 Å². The van der Waals surface area contributed by atoms with Crippen LogP contribution in [0.1, 0.15) is 83.1 Å². The molecule has 0 aromatic heterocycles. The standard InChI is InChI=1S/C30H49N7O2/c1-20(2)21-9-11-22(12-10-21)36-18-14-23(15-19-36)37-27-8-4-3-6-24(27)25(29(37)39)13-17-34-28(38)26(31)7-5-16-35-30(32)33/h3-4,6,8,20-23,25-26H,5,7,9-19,31H2,1-2H3,(H,34,38)(H4,32,33,35)/t21-,22+,25?,26-/m0/s1. The molecule has 1 aliphatic carbocycles. The molecule has 2 heterocycles. The van der Waals surface area contributed by atoms with Gasteiger partial charge in [0.15, 0.2) is 5.96 Å². The number of benzene rings is 1. The summed E-state index contributed by atoms with van der Waals surface area (Å²) in [5, 5.41) is 12.8. The number of likely N-dealkylation sites (tertiary alicyclic amines) is 1. The maximum Gasteiger partial charge on any atom is 0.236 e. The van der Waals surface area contributed by atoms with Crippen LogP contribution in [0.25, 0.3) is 0 Å². The van der Waals surface area contributed by atoms with Gasteiger partial charge in [-0.15, -0.1) is 0 Å². The van der Waals surface area contributed by atoms with Crippen LogP contribution in [-0.2, 0) is 9.59 Å². The van der Waals surface area contributed by atoms with Crippen LogP contribution in [-0.4, -0.2) is 67.0 Å². The Balaban J connectivity index is 1.27. The molecule has 2 aliphatic heterocycles. The minimum atomic E-state index is -0.618. The number of fused-ring (bicyclic) bond motifs is 1. The predicted molar refractivity (Wildman–Crippen MR) is 157 cm³/mol. The first-order valence-electron chi connectivity index (χ1n) is 15.0. The monoisotopic (exact) mass is 539 g/mol. The number of para-hydroxylation sites is 1. The third-order valence-electron chi connectivity index (χ3n) is 9.25. The second-order valence-corrected chi connectivity index (χ2v) is 12.1. The van der Waals surface area contributed by atoms with E-state index < -0.39 is 6.04 Å². The van der Waals surface area contributed by atoms with Crippen molar-refractivity contribution in [2.75, 3.05) is 31.1 Å². The molecule has 0 radical (unpaired) electrons. The lowest BCUT2D eigenvalue weighted by molar-refractivity contribution is -0.123.